The first kappa shape index (κ1) is 23.9. The topological polar surface area (TPSA) is 73.9 Å². The maximum absolute atomic E-state index is 12.0. The third-order valence-electron chi connectivity index (χ3n) is 7.76. The molecule has 0 spiro atoms. The quantitative estimate of drug-likeness (QED) is 0.372. The second-order valence-electron chi connectivity index (χ2n) is 10.1. The molecule has 0 bridgehead atoms. The van der Waals surface area contributed by atoms with Crippen LogP contribution in [-0.4, -0.2) is 44.9 Å². The number of amides is 1. The van der Waals surface area contributed by atoms with Gasteiger partial charge in [0.2, 0.25) is 11.9 Å². The summed E-state index contributed by atoms with van der Waals surface area (Å²) in [5.41, 5.74) is 2.82. The Hall–Kier alpha value is -2.86. The lowest BCUT2D eigenvalue weighted by molar-refractivity contribution is -0.127. The number of nitrogens with zero attached hydrogens (tertiary/aromatic N) is 3. The van der Waals surface area contributed by atoms with Crippen LogP contribution in [0.1, 0.15) is 51.4 Å². The minimum atomic E-state index is 0.0820. The lowest BCUT2D eigenvalue weighted by Crippen LogP contribution is -2.39. The van der Waals surface area contributed by atoms with E-state index < -0.39 is 0 Å². The van der Waals surface area contributed by atoms with E-state index in [2.05, 4.69) is 34.0 Å². The molecule has 184 valence electrons. The number of fused-ring (bicyclic) bond motifs is 1. The van der Waals surface area contributed by atoms with Gasteiger partial charge in [0.25, 0.3) is 0 Å². The van der Waals surface area contributed by atoms with E-state index in [0.29, 0.717) is 22.9 Å². The van der Waals surface area contributed by atoms with Crippen molar-refractivity contribution in [3.05, 3.63) is 54.3 Å². The fraction of sp³-hybridized carbons (Fsp3) is 0.464. The van der Waals surface area contributed by atoms with E-state index in [-0.39, 0.29) is 5.91 Å². The van der Waals surface area contributed by atoms with Gasteiger partial charge < -0.3 is 15.2 Å². The van der Waals surface area contributed by atoms with Gasteiger partial charge in [-0.3, -0.25) is 4.79 Å². The molecule has 1 aliphatic carbocycles. The molecule has 1 saturated carbocycles. The van der Waals surface area contributed by atoms with Crippen LogP contribution in [0.5, 0.6) is 0 Å². The van der Waals surface area contributed by atoms with Gasteiger partial charge in [-0.15, -0.1) is 0 Å². The van der Waals surface area contributed by atoms with Gasteiger partial charge in [-0.1, -0.05) is 42.8 Å². The molecule has 3 heterocycles. The van der Waals surface area contributed by atoms with Crippen molar-refractivity contribution in [3.8, 4) is 11.3 Å². The van der Waals surface area contributed by atoms with Crippen LogP contribution in [0, 0.1) is 11.8 Å². The number of piperidine rings is 1. The number of carbonyl (C=O) groups is 1. The van der Waals surface area contributed by atoms with Crippen molar-refractivity contribution in [2.45, 2.75) is 57.4 Å². The third-order valence-corrected chi connectivity index (χ3v) is 8.03. The van der Waals surface area contributed by atoms with E-state index in [1.165, 1.54) is 38.2 Å². The van der Waals surface area contributed by atoms with Gasteiger partial charge in [0.1, 0.15) is 0 Å². The van der Waals surface area contributed by atoms with E-state index in [0.717, 1.165) is 60.4 Å². The minimum absolute atomic E-state index is 0.0820. The van der Waals surface area contributed by atoms with E-state index >= 15 is 0 Å². The number of likely N-dealkylation sites (tertiary alicyclic amines) is 1. The largest absolute Gasteiger partial charge is 0.360 e. The van der Waals surface area contributed by atoms with Crippen molar-refractivity contribution < 1.29 is 4.79 Å². The highest BCUT2D eigenvalue weighted by Crippen LogP contribution is 2.34. The number of halogens is 1. The summed E-state index contributed by atoms with van der Waals surface area (Å²) in [6.07, 6.45) is 14.7. The zero-order valence-corrected chi connectivity index (χ0v) is 20.9. The number of nitrogens with one attached hydrogen (secondary N) is 2. The monoisotopic (exact) mass is 491 g/mol. The first-order valence-electron chi connectivity index (χ1n) is 12.9. The predicted molar refractivity (Wildman–Crippen MR) is 142 cm³/mol. The molecule has 1 amide bonds. The van der Waals surface area contributed by atoms with Crippen molar-refractivity contribution in [3.63, 3.8) is 0 Å². The molecule has 2 aromatic heterocycles. The van der Waals surface area contributed by atoms with Crippen molar-refractivity contribution in [2.75, 3.05) is 18.4 Å². The zero-order valence-electron chi connectivity index (χ0n) is 20.2. The van der Waals surface area contributed by atoms with Gasteiger partial charge in [0.15, 0.2) is 0 Å². The van der Waals surface area contributed by atoms with Gasteiger partial charge in [-0.2, -0.15) is 0 Å². The van der Waals surface area contributed by atoms with Gasteiger partial charge in [-0.05, 0) is 68.9 Å². The molecule has 1 aliphatic heterocycles. The molecular weight excluding hydrogens is 458 g/mol. The average molecular weight is 492 g/mol. The summed E-state index contributed by atoms with van der Waals surface area (Å²) >= 11 is 6.49. The Morgan fingerprint density at radius 3 is 2.80 bits per heavy atom. The molecule has 1 aromatic carbocycles. The number of hydrogen-bond acceptors (Lipinski definition) is 4. The van der Waals surface area contributed by atoms with Crippen LogP contribution < -0.4 is 5.32 Å². The lowest BCUT2D eigenvalue weighted by Gasteiger charge is -2.34. The molecule has 35 heavy (non-hydrogen) atoms. The number of hydrogen-bond donors (Lipinski definition) is 2. The van der Waals surface area contributed by atoms with Crippen LogP contribution in [0.25, 0.3) is 22.2 Å². The van der Waals surface area contributed by atoms with Crippen LogP contribution in [0.2, 0.25) is 5.02 Å². The molecule has 6 nitrogen and oxygen atoms in total. The highest BCUT2D eigenvalue weighted by molar-refractivity contribution is 6.33. The van der Waals surface area contributed by atoms with Crippen LogP contribution in [-0.2, 0) is 4.79 Å². The Morgan fingerprint density at radius 1 is 1.17 bits per heavy atom. The number of aromatic nitrogens is 3. The molecule has 1 atom stereocenters. The van der Waals surface area contributed by atoms with Crippen molar-refractivity contribution in [1.82, 2.24) is 19.9 Å². The number of para-hydroxylation sites is 1. The molecule has 7 heteroatoms. The second-order valence-corrected chi connectivity index (χ2v) is 10.5. The highest BCUT2D eigenvalue weighted by atomic mass is 35.5. The van der Waals surface area contributed by atoms with Gasteiger partial charge in [-0.25, -0.2) is 9.97 Å². The number of anilines is 1. The maximum atomic E-state index is 12.0. The fourth-order valence-corrected chi connectivity index (χ4v) is 5.97. The summed E-state index contributed by atoms with van der Waals surface area (Å²) < 4.78 is 0. The highest BCUT2D eigenvalue weighted by Gasteiger charge is 2.26. The number of aromatic amines is 1. The Morgan fingerprint density at radius 2 is 1.97 bits per heavy atom. The SMILES string of the molecule is C=CC(=O)N1CCCC(CCC2CCC(Nc3ncc(Cl)c(-c4c[nH]c5ccccc45)n3)CC2)C1. The molecule has 1 saturated heterocycles. The van der Waals surface area contributed by atoms with Crippen molar-refractivity contribution in [2.24, 2.45) is 11.8 Å². The van der Waals surface area contributed by atoms with Crippen LogP contribution in [0.3, 0.4) is 0 Å². The lowest BCUT2D eigenvalue weighted by atomic mass is 9.81. The van der Waals surface area contributed by atoms with Crippen LogP contribution >= 0.6 is 11.6 Å². The summed E-state index contributed by atoms with van der Waals surface area (Å²) in [7, 11) is 0. The Bertz CT molecular complexity index is 1180. The third kappa shape index (κ3) is 5.53. The fourth-order valence-electron chi connectivity index (χ4n) is 5.77. The van der Waals surface area contributed by atoms with Crippen molar-refractivity contribution >= 4 is 34.4 Å². The minimum Gasteiger partial charge on any atom is -0.360 e. The van der Waals surface area contributed by atoms with E-state index in [1.807, 2.05) is 23.2 Å². The smallest absolute Gasteiger partial charge is 0.245 e. The Labute approximate surface area is 212 Å². The molecule has 3 aromatic rings. The molecule has 1 unspecified atom stereocenters. The molecule has 2 aliphatic rings. The van der Waals surface area contributed by atoms with E-state index in [9.17, 15) is 4.79 Å². The van der Waals surface area contributed by atoms with Gasteiger partial charge >= 0.3 is 0 Å². The van der Waals surface area contributed by atoms with Gasteiger partial charge in [0, 0.05) is 41.8 Å². The number of H-pyrrole nitrogens is 1. The number of carbonyl (C=O) groups excluding carboxylic acids is 1. The van der Waals surface area contributed by atoms with E-state index in [4.69, 9.17) is 16.6 Å². The van der Waals surface area contributed by atoms with Crippen LogP contribution in [0.15, 0.2) is 49.3 Å². The summed E-state index contributed by atoms with van der Waals surface area (Å²) in [6, 6.07) is 8.56. The summed E-state index contributed by atoms with van der Waals surface area (Å²) in [6.45, 7) is 5.42. The number of benzene rings is 1. The summed E-state index contributed by atoms with van der Waals surface area (Å²) in [5.74, 6) is 2.13. The standard InChI is InChI=1S/C28H34ClN5O/c1-2-26(35)34-15-5-6-20(18-34)10-9-19-11-13-21(14-12-19)32-28-31-17-24(29)27(33-28)23-16-30-25-8-4-3-7-22(23)25/h2-4,7-8,16-17,19-21,30H,1,5-6,9-15,18H2,(H,31,32,33). The molecule has 5 rings (SSSR count). The van der Waals surface area contributed by atoms with Crippen molar-refractivity contribution in [1.29, 1.82) is 0 Å². The normalized spacial score (nSPS) is 22.8. The second kappa shape index (κ2) is 10.8. The van der Waals surface area contributed by atoms with Gasteiger partial charge in [0.05, 0.1) is 16.9 Å². The Balaban J connectivity index is 1.14. The molecule has 2 N–H and O–H groups in total. The first-order chi connectivity index (χ1) is 17.1. The van der Waals surface area contributed by atoms with Crippen LogP contribution in [0.4, 0.5) is 5.95 Å². The Kier molecular flexibility index (Phi) is 7.37. The molecular formula is C28H34ClN5O. The molecule has 0 radical (unpaired) electrons. The maximum Gasteiger partial charge on any atom is 0.245 e. The average Bonchev–Trinajstić information content (AvgIpc) is 3.33. The summed E-state index contributed by atoms with van der Waals surface area (Å²) in [5, 5.41) is 5.23. The summed E-state index contributed by atoms with van der Waals surface area (Å²) in [4.78, 5) is 26.5. The molecule has 2 fully saturated rings. The zero-order chi connectivity index (χ0) is 24.2. The predicted octanol–water partition coefficient (Wildman–Crippen LogP) is 6.45. The first-order valence-corrected chi connectivity index (χ1v) is 13.3. The number of rotatable bonds is 7. The van der Waals surface area contributed by atoms with E-state index in [1.54, 1.807) is 6.20 Å².